The van der Waals surface area contributed by atoms with Crippen LogP contribution in [-0.2, 0) is 20.7 Å². The SMILES string of the molecule is COC(=O)C1CN(c2ccc(CCN)cc2)CCN1C(=O)OC(C)(C)C. The van der Waals surface area contributed by atoms with Gasteiger partial charge >= 0.3 is 12.1 Å². The molecule has 0 radical (unpaired) electrons. The highest BCUT2D eigenvalue weighted by Gasteiger charge is 2.38. The third kappa shape index (κ3) is 5.11. The fraction of sp³-hybridized carbons (Fsp3) is 0.579. The lowest BCUT2D eigenvalue weighted by Crippen LogP contribution is -2.59. The molecule has 1 saturated heterocycles. The average Bonchev–Trinajstić information content (AvgIpc) is 2.60. The first-order chi connectivity index (χ1) is 12.2. The second kappa shape index (κ2) is 8.40. The molecule has 1 aromatic carbocycles. The van der Waals surface area contributed by atoms with Crippen LogP contribution in [0.4, 0.5) is 10.5 Å². The number of amides is 1. The van der Waals surface area contributed by atoms with E-state index in [4.69, 9.17) is 15.2 Å². The molecule has 0 spiro atoms. The Balaban J connectivity index is 2.14. The minimum absolute atomic E-state index is 0.363. The molecule has 2 N–H and O–H groups in total. The van der Waals surface area contributed by atoms with Crippen molar-refractivity contribution in [2.24, 2.45) is 5.73 Å². The molecule has 1 unspecified atom stereocenters. The number of nitrogens with zero attached hydrogens (tertiary/aromatic N) is 2. The number of carbonyl (C=O) groups excluding carboxylic acids is 2. The molecule has 0 aromatic heterocycles. The molecule has 1 amide bonds. The molecule has 1 aliphatic rings. The van der Waals surface area contributed by atoms with Gasteiger partial charge in [0.15, 0.2) is 6.04 Å². The monoisotopic (exact) mass is 363 g/mol. The molecule has 1 aromatic rings. The lowest BCUT2D eigenvalue weighted by molar-refractivity contribution is -0.147. The molecule has 0 aliphatic carbocycles. The molecule has 1 atom stereocenters. The summed E-state index contributed by atoms with van der Waals surface area (Å²) in [5.41, 5.74) is 7.14. The number of hydrogen-bond donors (Lipinski definition) is 1. The van der Waals surface area contributed by atoms with Crippen molar-refractivity contribution < 1.29 is 19.1 Å². The molecule has 144 valence electrons. The zero-order chi connectivity index (χ0) is 19.3. The van der Waals surface area contributed by atoms with Crippen LogP contribution in [-0.4, -0.2) is 61.9 Å². The number of carbonyl (C=O) groups is 2. The highest BCUT2D eigenvalue weighted by molar-refractivity contribution is 5.83. The first-order valence-electron chi connectivity index (χ1n) is 8.86. The zero-order valence-corrected chi connectivity index (χ0v) is 16.0. The van der Waals surface area contributed by atoms with E-state index in [1.165, 1.54) is 17.6 Å². The number of hydrogen-bond acceptors (Lipinski definition) is 6. The van der Waals surface area contributed by atoms with Crippen LogP contribution in [0.5, 0.6) is 0 Å². The molecular formula is C19H29N3O4. The smallest absolute Gasteiger partial charge is 0.411 e. The molecule has 0 bridgehead atoms. The standard InChI is InChI=1S/C19H29N3O4/c1-19(2,3)26-18(24)22-12-11-21(13-16(22)17(23)25-4)15-7-5-14(6-8-15)9-10-20/h5-8,16H,9-13,20H2,1-4H3. The molecule has 7 heteroatoms. The van der Waals surface area contributed by atoms with Crippen molar-refractivity contribution in [2.45, 2.75) is 38.8 Å². The number of anilines is 1. The van der Waals surface area contributed by atoms with Gasteiger partial charge in [-0.05, 0) is 51.4 Å². The van der Waals surface area contributed by atoms with Crippen LogP contribution < -0.4 is 10.6 Å². The number of piperazine rings is 1. The molecule has 1 aliphatic heterocycles. The van der Waals surface area contributed by atoms with Crippen LogP contribution in [0.15, 0.2) is 24.3 Å². The van der Waals surface area contributed by atoms with Crippen LogP contribution in [0, 0.1) is 0 Å². The topological polar surface area (TPSA) is 85.1 Å². The fourth-order valence-corrected chi connectivity index (χ4v) is 2.93. The summed E-state index contributed by atoms with van der Waals surface area (Å²) in [7, 11) is 1.33. The zero-order valence-electron chi connectivity index (χ0n) is 16.0. The van der Waals surface area contributed by atoms with Gasteiger partial charge in [-0.25, -0.2) is 9.59 Å². The maximum absolute atomic E-state index is 12.5. The quantitative estimate of drug-likeness (QED) is 0.821. The van der Waals surface area contributed by atoms with E-state index < -0.39 is 23.7 Å². The van der Waals surface area contributed by atoms with Crippen molar-refractivity contribution >= 4 is 17.7 Å². The number of rotatable bonds is 4. The molecule has 26 heavy (non-hydrogen) atoms. The molecule has 7 nitrogen and oxygen atoms in total. The summed E-state index contributed by atoms with van der Waals surface area (Å²) in [5.74, 6) is -0.444. The van der Waals surface area contributed by atoms with Crippen molar-refractivity contribution in [2.75, 3.05) is 38.2 Å². The van der Waals surface area contributed by atoms with E-state index in [0.29, 0.717) is 26.2 Å². The summed E-state index contributed by atoms with van der Waals surface area (Å²) in [6.07, 6.45) is 0.336. The van der Waals surface area contributed by atoms with E-state index in [9.17, 15) is 9.59 Å². The summed E-state index contributed by atoms with van der Waals surface area (Å²) in [4.78, 5) is 28.3. The second-order valence-corrected chi connectivity index (χ2v) is 7.36. The van der Waals surface area contributed by atoms with Crippen LogP contribution in [0.2, 0.25) is 0 Å². The maximum atomic E-state index is 12.5. The van der Waals surface area contributed by atoms with Gasteiger partial charge in [0.05, 0.1) is 7.11 Å². The molecular weight excluding hydrogens is 334 g/mol. The fourth-order valence-electron chi connectivity index (χ4n) is 2.93. The summed E-state index contributed by atoms with van der Waals surface area (Å²) in [6.45, 7) is 7.38. The third-order valence-electron chi connectivity index (χ3n) is 4.22. The first-order valence-corrected chi connectivity index (χ1v) is 8.86. The van der Waals surface area contributed by atoms with Crippen molar-refractivity contribution in [3.8, 4) is 0 Å². The Morgan fingerprint density at radius 1 is 1.19 bits per heavy atom. The Morgan fingerprint density at radius 3 is 2.38 bits per heavy atom. The Hall–Kier alpha value is -2.28. The summed E-state index contributed by atoms with van der Waals surface area (Å²) in [5, 5.41) is 0. The van der Waals surface area contributed by atoms with Crippen molar-refractivity contribution in [1.82, 2.24) is 4.90 Å². The van der Waals surface area contributed by atoms with Crippen molar-refractivity contribution in [3.05, 3.63) is 29.8 Å². The van der Waals surface area contributed by atoms with Crippen molar-refractivity contribution in [3.63, 3.8) is 0 Å². The number of methoxy groups -OCH3 is 1. The normalized spacial score (nSPS) is 17.8. The number of nitrogens with two attached hydrogens (primary N) is 1. The Morgan fingerprint density at radius 2 is 1.85 bits per heavy atom. The number of benzene rings is 1. The van der Waals surface area contributed by atoms with Gasteiger partial charge in [-0.3, -0.25) is 4.90 Å². The van der Waals surface area contributed by atoms with Gasteiger partial charge < -0.3 is 20.1 Å². The summed E-state index contributed by atoms with van der Waals surface area (Å²) in [6, 6.07) is 7.41. The van der Waals surface area contributed by atoms with E-state index in [1.54, 1.807) is 20.8 Å². The van der Waals surface area contributed by atoms with E-state index in [0.717, 1.165) is 12.1 Å². The Kier molecular flexibility index (Phi) is 6.47. The van der Waals surface area contributed by atoms with Gasteiger partial charge in [0.1, 0.15) is 5.60 Å². The predicted octanol–water partition coefficient (Wildman–Crippen LogP) is 1.79. The van der Waals surface area contributed by atoms with Gasteiger partial charge in [0.25, 0.3) is 0 Å². The maximum Gasteiger partial charge on any atom is 0.411 e. The Labute approximate surface area is 155 Å². The minimum Gasteiger partial charge on any atom is -0.467 e. The van der Waals surface area contributed by atoms with E-state index in [1.807, 2.05) is 24.3 Å². The molecule has 1 heterocycles. The first kappa shape index (κ1) is 20.0. The van der Waals surface area contributed by atoms with Crippen molar-refractivity contribution in [1.29, 1.82) is 0 Å². The number of esters is 1. The molecule has 2 rings (SSSR count). The van der Waals surface area contributed by atoms with Gasteiger partial charge in [-0.2, -0.15) is 0 Å². The van der Waals surface area contributed by atoms with Gasteiger partial charge in [-0.15, -0.1) is 0 Å². The van der Waals surface area contributed by atoms with Crippen LogP contribution in [0.3, 0.4) is 0 Å². The van der Waals surface area contributed by atoms with E-state index in [-0.39, 0.29) is 0 Å². The van der Waals surface area contributed by atoms with Crippen LogP contribution in [0.1, 0.15) is 26.3 Å². The predicted molar refractivity (Wildman–Crippen MR) is 100 cm³/mol. The summed E-state index contributed by atoms with van der Waals surface area (Å²) < 4.78 is 10.3. The third-order valence-corrected chi connectivity index (χ3v) is 4.22. The van der Waals surface area contributed by atoms with E-state index in [2.05, 4.69) is 4.90 Å². The highest BCUT2D eigenvalue weighted by atomic mass is 16.6. The largest absolute Gasteiger partial charge is 0.467 e. The second-order valence-electron chi connectivity index (χ2n) is 7.36. The van der Waals surface area contributed by atoms with E-state index >= 15 is 0 Å². The summed E-state index contributed by atoms with van der Waals surface area (Å²) >= 11 is 0. The highest BCUT2D eigenvalue weighted by Crippen LogP contribution is 2.22. The number of ether oxygens (including phenoxy) is 2. The van der Waals surface area contributed by atoms with Crippen LogP contribution in [0.25, 0.3) is 0 Å². The van der Waals surface area contributed by atoms with Crippen LogP contribution >= 0.6 is 0 Å². The molecule has 1 fully saturated rings. The lowest BCUT2D eigenvalue weighted by Gasteiger charge is -2.41. The minimum atomic E-state index is -0.702. The Bertz CT molecular complexity index is 625. The lowest BCUT2D eigenvalue weighted by atomic mass is 10.1. The van der Waals surface area contributed by atoms with Gasteiger partial charge in [-0.1, -0.05) is 12.1 Å². The van der Waals surface area contributed by atoms with Gasteiger partial charge in [0.2, 0.25) is 0 Å². The van der Waals surface area contributed by atoms with Gasteiger partial charge in [0, 0.05) is 25.3 Å². The average molecular weight is 363 g/mol. The molecule has 0 saturated carbocycles.